The van der Waals surface area contributed by atoms with Gasteiger partial charge in [0.25, 0.3) is 0 Å². The topological polar surface area (TPSA) is 60.9 Å². The van der Waals surface area contributed by atoms with Crippen molar-refractivity contribution in [2.45, 2.75) is 78.6 Å². The van der Waals surface area contributed by atoms with E-state index in [4.69, 9.17) is 13.8 Å². The molecule has 0 spiro atoms. The van der Waals surface area contributed by atoms with Crippen LogP contribution in [0.2, 0.25) is 0 Å². The third-order valence-corrected chi connectivity index (χ3v) is 9.94. The van der Waals surface area contributed by atoms with E-state index in [0.717, 1.165) is 46.5 Å². The van der Waals surface area contributed by atoms with Crippen molar-refractivity contribution in [3.05, 3.63) is 82.9 Å². The lowest BCUT2D eigenvalue weighted by Crippen LogP contribution is -2.36. The third-order valence-electron chi connectivity index (χ3n) is 7.99. The van der Waals surface area contributed by atoms with E-state index in [1.807, 2.05) is 37.3 Å². The number of aromatic nitrogens is 1. The molecular formula is C33H44FN2O4P. The van der Waals surface area contributed by atoms with Crippen LogP contribution in [-0.2, 0) is 26.8 Å². The van der Waals surface area contributed by atoms with Gasteiger partial charge in [-0.3, -0.25) is 14.4 Å². The van der Waals surface area contributed by atoms with Crippen molar-refractivity contribution in [3.63, 3.8) is 0 Å². The molecule has 1 aliphatic rings. The Labute approximate surface area is 244 Å². The lowest BCUT2D eigenvalue weighted by atomic mass is 9.94. The molecule has 41 heavy (non-hydrogen) atoms. The van der Waals surface area contributed by atoms with Gasteiger partial charge in [-0.1, -0.05) is 30.3 Å². The Morgan fingerprint density at radius 1 is 1.00 bits per heavy atom. The molecule has 1 aliphatic carbocycles. The van der Waals surface area contributed by atoms with E-state index in [-0.39, 0.29) is 11.7 Å². The number of halogens is 1. The van der Waals surface area contributed by atoms with E-state index >= 15 is 0 Å². The molecule has 1 aromatic heterocycles. The lowest BCUT2D eigenvalue weighted by molar-refractivity contribution is 0.166. The SMILES string of the molecule is COP(=O)(CC(c1cccc(COc2ccc(-c3cc(C)ncc3F)c(CN(C(C)C)C(C)C)c2)c1)C1CC1)OC. The van der Waals surface area contributed by atoms with E-state index in [2.05, 4.69) is 49.7 Å². The average Bonchev–Trinajstić information content (AvgIpc) is 3.80. The van der Waals surface area contributed by atoms with Gasteiger partial charge in [-0.2, -0.15) is 0 Å². The maximum Gasteiger partial charge on any atom is 0.330 e. The van der Waals surface area contributed by atoms with Crippen LogP contribution in [0.4, 0.5) is 4.39 Å². The molecule has 1 unspecified atom stereocenters. The average molecular weight is 583 g/mol. The van der Waals surface area contributed by atoms with Gasteiger partial charge in [-0.15, -0.1) is 0 Å². The van der Waals surface area contributed by atoms with Crippen LogP contribution in [0.5, 0.6) is 5.75 Å². The third kappa shape index (κ3) is 8.04. The largest absolute Gasteiger partial charge is 0.489 e. The lowest BCUT2D eigenvalue weighted by Gasteiger charge is -2.31. The zero-order valence-electron chi connectivity index (χ0n) is 25.4. The van der Waals surface area contributed by atoms with E-state index in [0.29, 0.717) is 42.9 Å². The van der Waals surface area contributed by atoms with Crippen molar-refractivity contribution in [3.8, 4) is 16.9 Å². The molecule has 0 bridgehead atoms. The standard InChI is InChI=1S/C33H44FN2O4P/c1-22(2)36(23(3)4)19-28-17-29(13-14-30(28)31-15-24(5)35-18-33(31)34)40-20-25-9-8-10-27(16-25)32(26-11-12-26)21-41(37,38-6)39-7/h8-10,13-18,22-23,26,32H,11-12,19-21H2,1-7H3. The van der Waals surface area contributed by atoms with Crippen LogP contribution in [0.25, 0.3) is 11.1 Å². The Morgan fingerprint density at radius 3 is 2.34 bits per heavy atom. The Hall–Kier alpha value is -2.57. The molecular weight excluding hydrogens is 538 g/mol. The molecule has 2 aromatic carbocycles. The Bertz CT molecular complexity index is 1360. The molecule has 222 valence electrons. The molecule has 1 atom stereocenters. The zero-order valence-corrected chi connectivity index (χ0v) is 26.3. The summed E-state index contributed by atoms with van der Waals surface area (Å²) in [6, 6.07) is 16.7. The molecule has 4 rings (SSSR count). The fourth-order valence-corrected chi connectivity index (χ4v) is 6.97. The van der Waals surface area contributed by atoms with Crippen LogP contribution < -0.4 is 4.74 Å². The molecule has 0 N–H and O–H groups in total. The van der Waals surface area contributed by atoms with Gasteiger partial charge in [0.2, 0.25) is 0 Å². The summed E-state index contributed by atoms with van der Waals surface area (Å²) >= 11 is 0. The number of nitrogens with zero attached hydrogens (tertiary/aromatic N) is 2. The van der Waals surface area contributed by atoms with E-state index in [9.17, 15) is 8.96 Å². The number of pyridine rings is 1. The number of hydrogen-bond acceptors (Lipinski definition) is 6. The fourth-order valence-electron chi connectivity index (χ4n) is 5.53. The summed E-state index contributed by atoms with van der Waals surface area (Å²) < 4.78 is 44.7. The van der Waals surface area contributed by atoms with E-state index in [1.165, 1.54) is 20.4 Å². The number of aryl methyl sites for hydroxylation is 1. The molecule has 3 aromatic rings. The molecule has 1 heterocycles. The smallest absolute Gasteiger partial charge is 0.330 e. The molecule has 6 nitrogen and oxygen atoms in total. The highest BCUT2D eigenvalue weighted by molar-refractivity contribution is 7.53. The van der Waals surface area contributed by atoms with Crippen molar-refractivity contribution in [1.29, 1.82) is 0 Å². The predicted octanol–water partition coefficient (Wildman–Crippen LogP) is 8.37. The van der Waals surface area contributed by atoms with Crippen LogP contribution in [0, 0.1) is 18.7 Å². The maximum absolute atomic E-state index is 14.9. The van der Waals surface area contributed by atoms with E-state index < -0.39 is 7.60 Å². The number of hydrogen-bond donors (Lipinski definition) is 0. The molecule has 1 fully saturated rings. The van der Waals surface area contributed by atoms with Gasteiger partial charge in [-0.05, 0) is 99.7 Å². The van der Waals surface area contributed by atoms with Crippen molar-refractivity contribution < 1.29 is 22.7 Å². The van der Waals surface area contributed by atoms with Gasteiger partial charge in [0.05, 0.1) is 12.4 Å². The van der Waals surface area contributed by atoms with Crippen molar-refractivity contribution >= 4 is 7.60 Å². The fraction of sp³-hybridized carbons (Fsp3) is 0.485. The predicted molar refractivity (Wildman–Crippen MR) is 163 cm³/mol. The number of ether oxygens (including phenoxy) is 1. The summed E-state index contributed by atoms with van der Waals surface area (Å²) in [4.78, 5) is 6.50. The second kappa shape index (κ2) is 13.6. The first kappa shape index (κ1) is 31.4. The second-order valence-electron chi connectivity index (χ2n) is 11.6. The number of benzene rings is 2. The molecule has 0 amide bonds. The summed E-state index contributed by atoms with van der Waals surface area (Å²) in [7, 11) is -0.233. The monoisotopic (exact) mass is 582 g/mol. The molecule has 0 saturated heterocycles. The highest BCUT2D eigenvalue weighted by Crippen LogP contribution is 2.55. The van der Waals surface area contributed by atoms with Gasteiger partial charge in [0, 0.05) is 44.1 Å². The van der Waals surface area contributed by atoms with Crippen LogP contribution in [0.1, 0.15) is 68.8 Å². The minimum absolute atomic E-state index is 0.114. The Balaban J connectivity index is 1.59. The second-order valence-corrected chi connectivity index (χ2v) is 13.9. The Kier molecular flexibility index (Phi) is 10.4. The quantitative estimate of drug-likeness (QED) is 0.178. The first-order chi connectivity index (χ1) is 19.5. The summed E-state index contributed by atoms with van der Waals surface area (Å²) in [5.41, 5.74) is 5.34. The minimum atomic E-state index is -3.13. The summed E-state index contributed by atoms with van der Waals surface area (Å²) in [5, 5.41) is 0. The van der Waals surface area contributed by atoms with E-state index in [1.54, 1.807) is 6.07 Å². The summed E-state index contributed by atoms with van der Waals surface area (Å²) in [6.45, 7) is 11.6. The van der Waals surface area contributed by atoms with Crippen molar-refractivity contribution in [1.82, 2.24) is 9.88 Å². The molecule has 8 heteroatoms. The Morgan fingerprint density at radius 2 is 1.71 bits per heavy atom. The van der Waals surface area contributed by atoms with Gasteiger partial charge >= 0.3 is 7.60 Å². The number of rotatable bonds is 14. The highest BCUT2D eigenvalue weighted by Gasteiger charge is 2.38. The zero-order chi connectivity index (χ0) is 29.7. The summed E-state index contributed by atoms with van der Waals surface area (Å²) in [5.74, 6) is 1.000. The normalized spacial score (nSPS) is 14.7. The highest BCUT2D eigenvalue weighted by atomic mass is 31.2. The van der Waals surface area contributed by atoms with Crippen LogP contribution in [-0.4, -0.2) is 42.3 Å². The maximum atomic E-state index is 14.9. The molecule has 1 saturated carbocycles. The van der Waals surface area contributed by atoms with Crippen LogP contribution in [0.15, 0.2) is 54.7 Å². The van der Waals surface area contributed by atoms with Crippen LogP contribution in [0.3, 0.4) is 0 Å². The summed E-state index contributed by atoms with van der Waals surface area (Å²) in [6.07, 6.45) is 3.90. The minimum Gasteiger partial charge on any atom is -0.489 e. The molecule has 0 radical (unpaired) electrons. The van der Waals surface area contributed by atoms with Gasteiger partial charge < -0.3 is 13.8 Å². The van der Waals surface area contributed by atoms with Crippen molar-refractivity contribution in [2.75, 3.05) is 20.4 Å². The van der Waals surface area contributed by atoms with Crippen LogP contribution >= 0.6 is 7.60 Å². The van der Waals surface area contributed by atoms with Gasteiger partial charge in [0.1, 0.15) is 18.2 Å². The van der Waals surface area contributed by atoms with Gasteiger partial charge in [0.15, 0.2) is 0 Å². The van der Waals surface area contributed by atoms with Crippen molar-refractivity contribution in [2.24, 2.45) is 5.92 Å². The van der Waals surface area contributed by atoms with Gasteiger partial charge in [-0.25, -0.2) is 4.39 Å². The first-order valence-corrected chi connectivity index (χ1v) is 16.2. The molecule has 0 aliphatic heterocycles. The first-order valence-electron chi connectivity index (χ1n) is 14.5.